The van der Waals surface area contributed by atoms with Gasteiger partial charge in [0.25, 0.3) is 0 Å². The lowest BCUT2D eigenvalue weighted by Gasteiger charge is -2.38. The van der Waals surface area contributed by atoms with E-state index in [9.17, 15) is 9.90 Å². The summed E-state index contributed by atoms with van der Waals surface area (Å²) in [5, 5.41) is 12.9. The zero-order chi connectivity index (χ0) is 14.8. The highest BCUT2D eigenvalue weighted by atomic mass is 16.4. The third-order valence-corrected chi connectivity index (χ3v) is 4.27. The maximum absolute atomic E-state index is 11.6. The van der Waals surface area contributed by atoms with Crippen LogP contribution in [0.15, 0.2) is 6.07 Å². The van der Waals surface area contributed by atoms with Gasteiger partial charge in [-0.05, 0) is 33.1 Å². The molecule has 0 saturated heterocycles. The van der Waals surface area contributed by atoms with Crippen LogP contribution >= 0.6 is 0 Å². The van der Waals surface area contributed by atoms with Crippen molar-refractivity contribution < 1.29 is 9.90 Å². The Morgan fingerprint density at radius 3 is 2.90 bits per heavy atom. The molecule has 1 aromatic rings. The van der Waals surface area contributed by atoms with Gasteiger partial charge in [0, 0.05) is 17.8 Å². The maximum atomic E-state index is 11.6. The summed E-state index contributed by atoms with van der Waals surface area (Å²) in [5.41, 5.74) is 0.261. The molecule has 0 radical (unpaired) electrons. The second-order valence-corrected chi connectivity index (χ2v) is 5.81. The lowest BCUT2D eigenvalue weighted by atomic mass is 9.71. The molecule has 2 atom stereocenters. The number of hydrogen-bond acceptors (Lipinski definition) is 4. The van der Waals surface area contributed by atoms with Crippen molar-refractivity contribution in [3.63, 3.8) is 0 Å². The van der Waals surface area contributed by atoms with E-state index >= 15 is 0 Å². The lowest BCUT2D eigenvalue weighted by molar-refractivity contribution is -0.150. The summed E-state index contributed by atoms with van der Waals surface area (Å²) < 4.78 is 0. The Kier molecular flexibility index (Phi) is 4.26. The smallest absolute Gasteiger partial charge is 0.311 e. The number of aliphatic carboxylic acids is 1. The highest BCUT2D eigenvalue weighted by Gasteiger charge is 2.43. The van der Waals surface area contributed by atoms with Crippen molar-refractivity contribution >= 4 is 11.8 Å². The number of carbonyl (C=O) groups is 1. The number of anilines is 1. The van der Waals surface area contributed by atoms with E-state index in [4.69, 9.17) is 0 Å². The summed E-state index contributed by atoms with van der Waals surface area (Å²) in [4.78, 5) is 20.3. The van der Waals surface area contributed by atoms with Gasteiger partial charge < -0.3 is 10.4 Å². The molecule has 1 aliphatic carbocycles. The monoisotopic (exact) mass is 277 g/mol. The summed E-state index contributed by atoms with van der Waals surface area (Å²) in [6.07, 6.45) is 4.46. The van der Waals surface area contributed by atoms with Crippen molar-refractivity contribution in [1.82, 2.24) is 9.97 Å². The van der Waals surface area contributed by atoms with Gasteiger partial charge in [-0.1, -0.05) is 19.8 Å². The topological polar surface area (TPSA) is 75.1 Å². The number of aryl methyl sites for hydroxylation is 2. The minimum atomic E-state index is -0.726. The fraction of sp³-hybridized carbons (Fsp3) is 0.667. The molecule has 1 aliphatic rings. The summed E-state index contributed by atoms with van der Waals surface area (Å²) in [7, 11) is 0. The van der Waals surface area contributed by atoms with Gasteiger partial charge in [0.2, 0.25) is 0 Å². The Hall–Kier alpha value is -1.65. The van der Waals surface area contributed by atoms with Crippen LogP contribution in [0.2, 0.25) is 0 Å². The second-order valence-electron chi connectivity index (χ2n) is 5.81. The van der Waals surface area contributed by atoms with Crippen LogP contribution in [-0.4, -0.2) is 27.1 Å². The molecule has 110 valence electrons. The lowest BCUT2D eigenvalue weighted by Crippen LogP contribution is -2.46. The Bertz CT molecular complexity index is 504. The average Bonchev–Trinajstić information content (AvgIpc) is 2.40. The van der Waals surface area contributed by atoms with Gasteiger partial charge in [0.15, 0.2) is 0 Å². The summed E-state index contributed by atoms with van der Waals surface area (Å²) in [6, 6.07) is 1.84. The molecule has 2 rings (SSSR count). The molecular weight excluding hydrogens is 254 g/mol. The highest BCUT2D eigenvalue weighted by molar-refractivity contribution is 5.76. The molecule has 5 heteroatoms. The van der Waals surface area contributed by atoms with E-state index < -0.39 is 11.4 Å². The van der Waals surface area contributed by atoms with Crippen LogP contribution in [0.5, 0.6) is 0 Å². The molecule has 20 heavy (non-hydrogen) atoms. The van der Waals surface area contributed by atoms with Crippen molar-refractivity contribution in [3.8, 4) is 0 Å². The molecule has 0 amide bonds. The van der Waals surface area contributed by atoms with Crippen LogP contribution in [-0.2, 0) is 11.2 Å². The van der Waals surface area contributed by atoms with Gasteiger partial charge in [0.1, 0.15) is 11.6 Å². The molecular formula is C15H23N3O2. The molecule has 5 nitrogen and oxygen atoms in total. The van der Waals surface area contributed by atoms with E-state index in [-0.39, 0.29) is 6.04 Å². The average molecular weight is 277 g/mol. The van der Waals surface area contributed by atoms with E-state index in [1.165, 1.54) is 0 Å². The Morgan fingerprint density at radius 2 is 2.25 bits per heavy atom. The predicted octanol–water partition coefficient (Wildman–Crippen LogP) is 2.79. The van der Waals surface area contributed by atoms with Crippen molar-refractivity contribution in [3.05, 3.63) is 17.6 Å². The maximum Gasteiger partial charge on any atom is 0.311 e. The molecule has 0 spiro atoms. The number of carboxylic acids is 1. The Balaban J connectivity index is 2.23. The van der Waals surface area contributed by atoms with Crippen LogP contribution in [0.4, 0.5) is 5.82 Å². The van der Waals surface area contributed by atoms with E-state index in [1.807, 2.05) is 26.8 Å². The number of carboxylic acid groups (broad SMARTS) is 1. The van der Waals surface area contributed by atoms with Gasteiger partial charge in [-0.3, -0.25) is 4.79 Å². The van der Waals surface area contributed by atoms with E-state index in [0.29, 0.717) is 6.42 Å². The van der Waals surface area contributed by atoms with Crippen molar-refractivity contribution in [1.29, 1.82) is 0 Å². The number of nitrogens with one attached hydrogen (secondary N) is 1. The minimum absolute atomic E-state index is 0.0762. The van der Waals surface area contributed by atoms with E-state index in [2.05, 4.69) is 15.3 Å². The Morgan fingerprint density at radius 1 is 1.50 bits per heavy atom. The molecule has 0 aromatic carbocycles. The van der Waals surface area contributed by atoms with E-state index in [0.717, 1.165) is 43.0 Å². The molecule has 0 bridgehead atoms. The van der Waals surface area contributed by atoms with Gasteiger partial charge in [-0.25, -0.2) is 9.97 Å². The van der Waals surface area contributed by atoms with Gasteiger partial charge in [-0.2, -0.15) is 0 Å². The molecule has 1 heterocycles. The first-order valence-electron chi connectivity index (χ1n) is 7.30. The normalized spacial score (nSPS) is 26.2. The van der Waals surface area contributed by atoms with Gasteiger partial charge >= 0.3 is 5.97 Å². The Labute approximate surface area is 119 Å². The predicted molar refractivity (Wildman–Crippen MR) is 77.8 cm³/mol. The quantitative estimate of drug-likeness (QED) is 0.885. The van der Waals surface area contributed by atoms with Gasteiger partial charge in [0.05, 0.1) is 5.41 Å². The second kappa shape index (κ2) is 5.77. The van der Waals surface area contributed by atoms with Crippen LogP contribution < -0.4 is 5.32 Å². The van der Waals surface area contributed by atoms with Crippen LogP contribution in [0.3, 0.4) is 0 Å². The molecule has 1 aromatic heterocycles. The van der Waals surface area contributed by atoms with Crippen LogP contribution in [0.1, 0.15) is 51.0 Å². The number of aromatic nitrogens is 2. The zero-order valence-corrected chi connectivity index (χ0v) is 12.4. The van der Waals surface area contributed by atoms with Gasteiger partial charge in [-0.15, -0.1) is 0 Å². The first kappa shape index (κ1) is 14.8. The first-order valence-corrected chi connectivity index (χ1v) is 7.30. The van der Waals surface area contributed by atoms with Crippen LogP contribution in [0.25, 0.3) is 0 Å². The SMILES string of the molecule is CCc1cc(NC2CCCCC2(C)C(=O)O)nc(C)n1. The van der Waals surface area contributed by atoms with Crippen molar-refractivity contribution in [2.24, 2.45) is 5.41 Å². The fourth-order valence-corrected chi connectivity index (χ4v) is 2.88. The molecule has 2 N–H and O–H groups in total. The highest BCUT2D eigenvalue weighted by Crippen LogP contribution is 2.38. The molecule has 1 fully saturated rings. The summed E-state index contributed by atoms with van der Waals surface area (Å²) >= 11 is 0. The molecule has 1 saturated carbocycles. The first-order chi connectivity index (χ1) is 9.45. The fourth-order valence-electron chi connectivity index (χ4n) is 2.88. The van der Waals surface area contributed by atoms with Crippen LogP contribution in [0, 0.1) is 12.3 Å². The summed E-state index contributed by atoms with van der Waals surface area (Å²) in [5.74, 6) is 0.740. The zero-order valence-electron chi connectivity index (χ0n) is 12.4. The molecule has 0 aliphatic heterocycles. The number of hydrogen-bond donors (Lipinski definition) is 2. The van der Waals surface area contributed by atoms with Crippen molar-refractivity contribution in [2.45, 2.75) is 58.9 Å². The number of rotatable bonds is 4. The number of nitrogens with zero attached hydrogens (tertiary/aromatic N) is 2. The van der Waals surface area contributed by atoms with E-state index in [1.54, 1.807) is 0 Å². The largest absolute Gasteiger partial charge is 0.481 e. The van der Waals surface area contributed by atoms with Crippen molar-refractivity contribution in [2.75, 3.05) is 5.32 Å². The molecule has 2 unspecified atom stereocenters. The summed E-state index contributed by atoms with van der Waals surface area (Å²) in [6.45, 7) is 5.75. The third-order valence-electron chi connectivity index (χ3n) is 4.27. The standard InChI is InChI=1S/C15H23N3O2/c1-4-11-9-13(17-10(2)16-11)18-12-7-5-6-8-15(12,3)14(19)20/h9,12H,4-8H2,1-3H3,(H,19,20)(H,16,17,18). The third kappa shape index (κ3) is 2.92. The minimum Gasteiger partial charge on any atom is -0.481 e.